The number of H-pyrrole nitrogens is 1. The maximum atomic E-state index is 13.3. The second-order valence-corrected chi connectivity index (χ2v) is 10.1. The van der Waals surface area contributed by atoms with Gasteiger partial charge in [0, 0.05) is 73.0 Å². The molecule has 1 aliphatic heterocycles. The van der Waals surface area contributed by atoms with Gasteiger partial charge in [-0.15, -0.1) is 0 Å². The number of benzene rings is 2. The molecule has 3 N–H and O–H groups in total. The van der Waals surface area contributed by atoms with Crippen molar-refractivity contribution in [2.45, 2.75) is 20.3 Å². The van der Waals surface area contributed by atoms with Gasteiger partial charge in [-0.1, -0.05) is 0 Å². The summed E-state index contributed by atoms with van der Waals surface area (Å²) in [6.07, 6.45) is 2.65. The number of rotatable bonds is 8. The zero-order valence-electron chi connectivity index (χ0n) is 23.6. The summed E-state index contributed by atoms with van der Waals surface area (Å²) >= 11 is 0. The lowest BCUT2D eigenvalue weighted by Gasteiger charge is -2.35. The highest BCUT2D eigenvalue weighted by molar-refractivity contribution is 6.04. The molecule has 0 aliphatic carbocycles. The predicted molar refractivity (Wildman–Crippen MR) is 159 cm³/mol. The number of aromatic nitrogens is 3. The molecule has 1 amide bonds. The zero-order chi connectivity index (χ0) is 28.8. The number of guanidine groups is 1. The largest absolute Gasteiger partial charge is 0.497 e. The van der Waals surface area contributed by atoms with Gasteiger partial charge in [-0.2, -0.15) is 0 Å². The predicted octanol–water partition coefficient (Wildman–Crippen LogP) is 3.67. The van der Waals surface area contributed by atoms with E-state index in [0.29, 0.717) is 24.9 Å². The average molecular weight is 559 g/mol. The van der Waals surface area contributed by atoms with Crippen LogP contribution in [0.3, 0.4) is 0 Å². The molecule has 5 rings (SSSR count). The van der Waals surface area contributed by atoms with Crippen molar-refractivity contribution in [1.29, 1.82) is 0 Å². The van der Waals surface area contributed by atoms with E-state index in [1.807, 2.05) is 44.3 Å². The maximum absolute atomic E-state index is 13.3. The van der Waals surface area contributed by atoms with Crippen LogP contribution in [0.5, 0.6) is 5.75 Å². The quantitative estimate of drug-likeness (QED) is 0.224. The van der Waals surface area contributed by atoms with Crippen molar-refractivity contribution in [3.8, 4) is 5.75 Å². The second-order valence-electron chi connectivity index (χ2n) is 10.1. The number of carbonyl (C=O) groups excluding carboxylic acids is 1. The summed E-state index contributed by atoms with van der Waals surface area (Å²) in [5.41, 5.74) is 4.74. The van der Waals surface area contributed by atoms with Crippen LogP contribution in [0.1, 0.15) is 17.0 Å². The van der Waals surface area contributed by atoms with Crippen molar-refractivity contribution in [2.75, 3.05) is 56.6 Å². The summed E-state index contributed by atoms with van der Waals surface area (Å²) in [6.45, 7) is 7.42. The van der Waals surface area contributed by atoms with Gasteiger partial charge in [0.15, 0.2) is 0 Å². The minimum absolute atomic E-state index is 0.171. The first-order chi connectivity index (χ1) is 19.9. The van der Waals surface area contributed by atoms with E-state index >= 15 is 0 Å². The molecule has 2 aromatic heterocycles. The Balaban J connectivity index is 1.22. The highest BCUT2D eigenvalue weighted by atomic mass is 19.1. The number of hydrogen-bond donors (Lipinski definition) is 3. The molecule has 4 aromatic rings. The fraction of sp³-hybridized carbons (Fsp3) is 0.333. The van der Waals surface area contributed by atoms with Gasteiger partial charge in [0.1, 0.15) is 11.6 Å². The molecule has 1 aliphatic rings. The molecule has 3 heterocycles. The first kappa shape index (κ1) is 28.0. The minimum atomic E-state index is -0.247. The molecule has 1 saturated heterocycles. The number of piperazine rings is 1. The molecule has 0 spiro atoms. The summed E-state index contributed by atoms with van der Waals surface area (Å²) in [5, 5.41) is 7.15. The Kier molecular flexibility index (Phi) is 8.73. The number of aliphatic imine (C=N–C) groups is 1. The molecule has 0 atom stereocenters. The Morgan fingerprint density at radius 3 is 2.49 bits per heavy atom. The van der Waals surface area contributed by atoms with E-state index in [1.165, 1.54) is 12.1 Å². The maximum Gasteiger partial charge on any atom is 0.240 e. The van der Waals surface area contributed by atoms with Crippen LogP contribution in [-0.4, -0.2) is 78.1 Å². The van der Waals surface area contributed by atoms with Gasteiger partial charge in [-0.05, 0) is 68.3 Å². The number of nitrogens with zero attached hydrogens (tertiary/aromatic N) is 5. The Bertz CT molecular complexity index is 1510. The molecule has 10 nitrogen and oxygen atoms in total. The van der Waals surface area contributed by atoms with Crippen LogP contribution in [0.15, 0.2) is 59.7 Å². The smallest absolute Gasteiger partial charge is 0.240 e. The first-order valence-electron chi connectivity index (χ1n) is 13.7. The van der Waals surface area contributed by atoms with Gasteiger partial charge in [-0.3, -0.25) is 25.3 Å². The van der Waals surface area contributed by atoms with Gasteiger partial charge in [-0.25, -0.2) is 14.4 Å². The molecular formula is C30H35FN8O2. The summed E-state index contributed by atoms with van der Waals surface area (Å²) in [5.74, 6) is 1.07. The van der Waals surface area contributed by atoms with Crippen molar-refractivity contribution in [1.82, 2.24) is 25.2 Å². The molecule has 1 fully saturated rings. The molecule has 0 unspecified atom stereocenters. The van der Waals surface area contributed by atoms with Gasteiger partial charge >= 0.3 is 0 Å². The third-order valence-electron chi connectivity index (χ3n) is 7.03. The normalized spacial score (nSPS) is 14.3. The first-order valence-corrected chi connectivity index (χ1v) is 13.7. The molecule has 0 saturated carbocycles. The number of halogens is 1. The van der Waals surface area contributed by atoms with Crippen LogP contribution in [0.4, 0.5) is 16.0 Å². The molecule has 11 heteroatoms. The lowest BCUT2D eigenvalue weighted by atomic mass is 10.1. The minimum Gasteiger partial charge on any atom is -0.497 e. The van der Waals surface area contributed by atoms with E-state index in [2.05, 4.69) is 40.4 Å². The lowest BCUT2D eigenvalue weighted by molar-refractivity contribution is -0.120. The van der Waals surface area contributed by atoms with Crippen molar-refractivity contribution in [2.24, 2.45) is 4.99 Å². The van der Waals surface area contributed by atoms with Crippen LogP contribution in [0, 0.1) is 19.7 Å². The van der Waals surface area contributed by atoms with Crippen LogP contribution in [0.2, 0.25) is 0 Å². The Hall–Kier alpha value is -4.51. The van der Waals surface area contributed by atoms with E-state index in [1.54, 1.807) is 19.2 Å². The highest BCUT2D eigenvalue weighted by Crippen LogP contribution is 2.23. The number of anilines is 2. The molecule has 0 bridgehead atoms. The van der Waals surface area contributed by atoms with E-state index in [4.69, 9.17) is 4.74 Å². The van der Waals surface area contributed by atoms with Crippen LogP contribution < -0.4 is 20.3 Å². The summed E-state index contributed by atoms with van der Waals surface area (Å²) in [4.78, 5) is 34.2. The number of aryl methyl sites for hydroxylation is 2. The standard InChI is InChI=1S/C30H35FN8O2/c1-20-16-21(2)35-30(34-20)37-29(32-11-10-22-18-33-27-17-25(41-3)8-9-26(22)27)36-28(40)19-38-12-14-39(15-13-38)24-6-4-23(31)5-7-24/h4-9,16-18,33H,10-15,19H2,1-3H3,(H2,32,34,35,36,37,40). The topological polar surface area (TPSA) is 111 Å². The Morgan fingerprint density at radius 1 is 1.05 bits per heavy atom. The Labute approximate surface area is 238 Å². The van der Waals surface area contributed by atoms with Crippen molar-refractivity contribution in [3.05, 3.63) is 77.5 Å². The van der Waals surface area contributed by atoms with Crippen LogP contribution in [0.25, 0.3) is 10.9 Å². The summed E-state index contributed by atoms with van der Waals surface area (Å²) in [7, 11) is 1.65. The molecule has 2 aromatic carbocycles. The fourth-order valence-electron chi connectivity index (χ4n) is 4.98. The lowest BCUT2D eigenvalue weighted by Crippen LogP contribution is -2.50. The number of fused-ring (bicyclic) bond motifs is 1. The molecular weight excluding hydrogens is 523 g/mol. The van der Waals surface area contributed by atoms with Crippen molar-refractivity contribution in [3.63, 3.8) is 0 Å². The van der Waals surface area contributed by atoms with E-state index in [-0.39, 0.29) is 18.3 Å². The van der Waals surface area contributed by atoms with Gasteiger partial charge in [0.05, 0.1) is 13.7 Å². The monoisotopic (exact) mass is 558 g/mol. The third-order valence-corrected chi connectivity index (χ3v) is 7.03. The van der Waals surface area contributed by atoms with Gasteiger partial charge in [0.2, 0.25) is 17.8 Å². The average Bonchev–Trinajstić information content (AvgIpc) is 3.35. The zero-order valence-corrected chi connectivity index (χ0v) is 23.6. The summed E-state index contributed by atoms with van der Waals surface area (Å²) in [6, 6.07) is 14.3. The van der Waals surface area contributed by atoms with Gasteiger partial charge in [0.25, 0.3) is 0 Å². The van der Waals surface area contributed by atoms with E-state index in [0.717, 1.165) is 65.5 Å². The van der Waals surface area contributed by atoms with Crippen molar-refractivity contribution >= 4 is 34.4 Å². The van der Waals surface area contributed by atoms with Crippen molar-refractivity contribution < 1.29 is 13.9 Å². The number of hydrogen-bond acceptors (Lipinski definition) is 7. The summed E-state index contributed by atoms with van der Waals surface area (Å²) < 4.78 is 18.6. The fourth-order valence-corrected chi connectivity index (χ4v) is 4.98. The van der Waals surface area contributed by atoms with Gasteiger partial charge < -0.3 is 14.6 Å². The number of ether oxygens (including phenoxy) is 1. The number of nitrogens with one attached hydrogen (secondary N) is 3. The SMILES string of the molecule is COc1ccc2c(CCN=C(NC(=O)CN3CCN(c4ccc(F)cc4)CC3)Nc3nc(C)cc(C)n3)c[nH]c2c1. The second kappa shape index (κ2) is 12.8. The number of aromatic amines is 1. The molecule has 41 heavy (non-hydrogen) atoms. The number of carbonyl (C=O) groups is 1. The van der Waals surface area contributed by atoms with Crippen LogP contribution >= 0.6 is 0 Å². The van der Waals surface area contributed by atoms with Crippen LogP contribution in [-0.2, 0) is 11.2 Å². The third kappa shape index (κ3) is 7.37. The van der Waals surface area contributed by atoms with E-state index in [9.17, 15) is 9.18 Å². The van der Waals surface area contributed by atoms with E-state index < -0.39 is 0 Å². The molecule has 214 valence electrons. The highest BCUT2D eigenvalue weighted by Gasteiger charge is 2.20. The molecule has 0 radical (unpaired) electrons. The number of amides is 1. The Morgan fingerprint density at radius 2 is 1.78 bits per heavy atom. The number of methoxy groups -OCH3 is 1.